The summed E-state index contributed by atoms with van der Waals surface area (Å²) < 4.78 is 0. The topological polar surface area (TPSA) is 15.3 Å². The number of benzene rings is 1. The molecule has 2 nitrogen and oxygen atoms in total. The van der Waals surface area contributed by atoms with Crippen molar-refractivity contribution in [1.82, 2.24) is 5.32 Å². The molecule has 1 aromatic carbocycles. The third-order valence-corrected chi connectivity index (χ3v) is 4.29. The normalized spacial score (nSPS) is 23.6. The molecule has 0 radical (unpaired) electrons. The predicted octanol–water partition coefficient (Wildman–Crippen LogP) is 3.61. The van der Waals surface area contributed by atoms with Gasteiger partial charge in [-0.2, -0.15) is 0 Å². The van der Waals surface area contributed by atoms with Crippen LogP contribution < -0.4 is 10.2 Å². The van der Waals surface area contributed by atoms with Gasteiger partial charge in [0.2, 0.25) is 0 Å². The van der Waals surface area contributed by atoms with Crippen LogP contribution in [-0.2, 0) is 6.42 Å². The van der Waals surface area contributed by atoms with Crippen molar-refractivity contribution in [2.45, 2.75) is 58.5 Å². The Kier molecular flexibility index (Phi) is 5.26. The highest BCUT2D eigenvalue weighted by Crippen LogP contribution is 2.26. The Morgan fingerprint density at radius 2 is 2.00 bits per heavy atom. The highest BCUT2D eigenvalue weighted by Gasteiger charge is 2.27. The zero-order valence-electron chi connectivity index (χ0n) is 12.7. The molecular weight excluding hydrogens is 232 g/mol. The fourth-order valence-electron chi connectivity index (χ4n) is 3.16. The maximum Gasteiger partial charge on any atom is 0.0412 e. The molecule has 0 aromatic heterocycles. The zero-order valence-corrected chi connectivity index (χ0v) is 12.7. The number of para-hydroxylation sites is 1. The van der Waals surface area contributed by atoms with Gasteiger partial charge in [-0.25, -0.2) is 0 Å². The van der Waals surface area contributed by atoms with Crippen LogP contribution in [0.15, 0.2) is 24.3 Å². The molecule has 2 atom stereocenters. The lowest BCUT2D eigenvalue weighted by atomic mass is 10.0. The third kappa shape index (κ3) is 3.30. The lowest BCUT2D eigenvalue weighted by Crippen LogP contribution is -2.56. The van der Waals surface area contributed by atoms with Crippen LogP contribution in [0, 0.1) is 0 Å². The second-order valence-corrected chi connectivity index (χ2v) is 5.59. The molecule has 1 fully saturated rings. The van der Waals surface area contributed by atoms with Gasteiger partial charge in [-0.05, 0) is 30.9 Å². The van der Waals surface area contributed by atoms with Crippen LogP contribution in [0.1, 0.15) is 45.6 Å². The van der Waals surface area contributed by atoms with Crippen LogP contribution >= 0.6 is 0 Å². The maximum absolute atomic E-state index is 3.72. The largest absolute Gasteiger partial charge is 0.365 e. The Hall–Kier alpha value is -1.02. The van der Waals surface area contributed by atoms with Crippen molar-refractivity contribution in [2.24, 2.45) is 0 Å². The molecule has 1 aliphatic heterocycles. The monoisotopic (exact) mass is 260 g/mol. The number of nitrogens with one attached hydrogen (secondary N) is 1. The van der Waals surface area contributed by atoms with Crippen molar-refractivity contribution in [3.05, 3.63) is 29.8 Å². The standard InChI is InChI=1S/C17H28N2/c1-4-9-15-13-19(16(6-3)12-18-15)17-11-8-7-10-14(17)5-2/h7-8,10-11,15-16,18H,4-6,9,12-13H2,1-3H3. The van der Waals surface area contributed by atoms with Gasteiger partial charge in [0, 0.05) is 30.9 Å². The Morgan fingerprint density at radius 3 is 2.68 bits per heavy atom. The number of rotatable bonds is 5. The maximum atomic E-state index is 3.72. The number of hydrogen-bond acceptors (Lipinski definition) is 2. The van der Waals surface area contributed by atoms with E-state index >= 15 is 0 Å². The van der Waals surface area contributed by atoms with Crippen molar-refractivity contribution >= 4 is 5.69 Å². The van der Waals surface area contributed by atoms with Gasteiger partial charge in [-0.15, -0.1) is 0 Å². The average Bonchev–Trinajstić information content (AvgIpc) is 2.47. The molecule has 1 heterocycles. The highest BCUT2D eigenvalue weighted by atomic mass is 15.2. The van der Waals surface area contributed by atoms with Crippen molar-refractivity contribution in [3.8, 4) is 0 Å². The van der Waals surface area contributed by atoms with Gasteiger partial charge in [0.15, 0.2) is 0 Å². The average molecular weight is 260 g/mol. The molecule has 0 spiro atoms. The summed E-state index contributed by atoms with van der Waals surface area (Å²) in [5, 5.41) is 3.72. The molecule has 2 rings (SSSR count). The molecule has 1 aromatic rings. The predicted molar refractivity (Wildman–Crippen MR) is 83.9 cm³/mol. The van der Waals surface area contributed by atoms with E-state index in [9.17, 15) is 0 Å². The van der Waals surface area contributed by atoms with Gasteiger partial charge in [0.1, 0.15) is 0 Å². The quantitative estimate of drug-likeness (QED) is 0.870. The minimum Gasteiger partial charge on any atom is -0.365 e. The molecule has 1 aliphatic rings. The van der Waals surface area contributed by atoms with Crippen LogP contribution in [0.2, 0.25) is 0 Å². The van der Waals surface area contributed by atoms with E-state index in [0.717, 1.165) is 19.5 Å². The first kappa shape index (κ1) is 14.4. The summed E-state index contributed by atoms with van der Waals surface area (Å²) in [6, 6.07) is 10.2. The SMILES string of the molecule is CCCC1CN(c2ccccc2CC)C(CC)CN1. The molecule has 1 saturated heterocycles. The minimum atomic E-state index is 0.640. The Balaban J connectivity index is 2.22. The summed E-state index contributed by atoms with van der Waals surface area (Å²) in [5.41, 5.74) is 2.94. The summed E-state index contributed by atoms with van der Waals surface area (Å²) in [6.45, 7) is 9.11. The number of aryl methyl sites for hydroxylation is 1. The van der Waals surface area contributed by atoms with Crippen LogP contribution in [0.3, 0.4) is 0 Å². The molecule has 19 heavy (non-hydrogen) atoms. The number of piperazine rings is 1. The van der Waals surface area contributed by atoms with Crippen molar-refractivity contribution < 1.29 is 0 Å². The first-order valence-electron chi connectivity index (χ1n) is 7.88. The van der Waals surface area contributed by atoms with E-state index in [0.29, 0.717) is 12.1 Å². The number of hydrogen-bond donors (Lipinski definition) is 1. The van der Waals surface area contributed by atoms with Crippen LogP contribution in [-0.4, -0.2) is 25.2 Å². The molecule has 106 valence electrons. The summed E-state index contributed by atoms with van der Waals surface area (Å²) in [5.74, 6) is 0. The molecule has 2 unspecified atom stereocenters. The molecule has 2 heteroatoms. The summed E-state index contributed by atoms with van der Waals surface area (Å²) in [7, 11) is 0. The van der Waals surface area contributed by atoms with Gasteiger partial charge in [0.25, 0.3) is 0 Å². The van der Waals surface area contributed by atoms with Crippen LogP contribution in [0.25, 0.3) is 0 Å². The second kappa shape index (κ2) is 6.95. The molecule has 0 saturated carbocycles. The van der Waals surface area contributed by atoms with Crippen LogP contribution in [0.5, 0.6) is 0 Å². The lowest BCUT2D eigenvalue weighted by molar-refractivity contribution is 0.369. The van der Waals surface area contributed by atoms with E-state index in [4.69, 9.17) is 0 Å². The summed E-state index contributed by atoms with van der Waals surface area (Å²) in [6.07, 6.45) is 4.87. The molecule has 0 aliphatic carbocycles. The molecule has 1 N–H and O–H groups in total. The Bertz CT molecular complexity index is 389. The third-order valence-electron chi connectivity index (χ3n) is 4.29. The second-order valence-electron chi connectivity index (χ2n) is 5.59. The Morgan fingerprint density at radius 1 is 1.21 bits per heavy atom. The first-order chi connectivity index (χ1) is 9.30. The van der Waals surface area contributed by atoms with Crippen LogP contribution in [0.4, 0.5) is 5.69 Å². The fourth-order valence-corrected chi connectivity index (χ4v) is 3.16. The summed E-state index contributed by atoms with van der Waals surface area (Å²) >= 11 is 0. The fraction of sp³-hybridized carbons (Fsp3) is 0.647. The molecule has 0 bridgehead atoms. The van der Waals surface area contributed by atoms with E-state index in [1.807, 2.05) is 0 Å². The van der Waals surface area contributed by atoms with E-state index in [2.05, 4.69) is 55.3 Å². The van der Waals surface area contributed by atoms with E-state index in [1.54, 1.807) is 0 Å². The van der Waals surface area contributed by atoms with Gasteiger partial charge < -0.3 is 10.2 Å². The highest BCUT2D eigenvalue weighted by molar-refractivity contribution is 5.55. The summed E-state index contributed by atoms with van der Waals surface area (Å²) in [4.78, 5) is 2.65. The number of anilines is 1. The van der Waals surface area contributed by atoms with E-state index < -0.39 is 0 Å². The van der Waals surface area contributed by atoms with Gasteiger partial charge in [-0.3, -0.25) is 0 Å². The van der Waals surface area contributed by atoms with E-state index in [1.165, 1.54) is 30.5 Å². The lowest BCUT2D eigenvalue weighted by Gasteiger charge is -2.42. The van der Waals surface area contributed by atoms with Gasteiger partial charge in [-0.1, -0.05) is 45.4 Å². The smallest absolute Gasteiger partial charge is 0.0412 e. The van der Waals surface area contributed by atoms with Crippen molar-refractivity contribution in [1.29, 1.82) is 0 Å². The zero-order chi connectivity index (χ0) is 13.7. The van der Waals surface area contributed by atoms with Crippen molar-refractivity contribution in [2.75, 3.05) is 18.0 Å². The molecule has 0 amide bonds. The van der Waals surface area contributed by atoms with Crippen molar-refractivity contribution in [3.63, 3.8) is 0 Å². The van der Waals surface area contributed by atoms with E-state index in [-0.39, 0.29) is 0 Å². The Labute approximate surface area is 118 Å². The number of nitrogens with zero attached hydrogens (tertiary/aromatic N) is 1. The van der Waals surface area contributed by atoms with Gasteiger partial charge in [0.05, 0.1) is 0 Å². The first-order valence-corrected chi connectivity index (χ1v) is 7.88. The minimum absolute atomic E-state index is 0.640. The van der Waals surface area contributed by atoms with Gasteiger partial charge >= 0.3 is 0 Å². The molecular formula is C17H28N2.